The van der Waals surface area contributed by atoms with Crippen molar-refractivity contribution in [2.45, 2.75) is 16.7 Å². The molecule has 2 aromatic rings. The molecule has 2 rings (SSSR count). The summed E-state index contributed by atoms with van der Waals surface area (Å²) in [6.45, 7) is 1.94. The quantitative estimate of drug-likeness (QED) is 0.831. The summed E-state index contributed by atoms with van der Waals surface area (Å²) in [7, 11) is 0.503. The Balaban J connectivity index is 2.38. The van der Waals surface area contributed by atoms with E-state index in [4.69, 9.17) is 4.74 Å². The van der Waals surface area contributed by atoms with Crippen LogP contribution >= 0.6 is 0 Å². The number of rotatable bonds is 3. The summed E-state index contributed by atoms with van der Waals surface area (Å²) in [5.74, 6) is 0.788. The summed E-state index contributed by atoms with van der Waals surface area (Å²) >= 11 is 0. The molecule has 3 heteroatoms. The van der Waals surface area contributed by atoms with E-state index >= 15 is 0 Å². The maximum absolute atomic E-state index is 12.3. The highest BCUT2D eigenvalue weighted by Gasteiger charge is 2.09. The molecular weight excluding hydrogens is 232 g/mol. The number of benzene rings is 2. The maximum Gasteiger partial charge on any atom is 0.119 e. The molecule has 0 spiro atoms. The molecular formula is C14H14O2S. The van der Waals surface area contributed by atoms with E-state index in [1.165, 1.54) is 0 Å². The Kier molecular flexibility index (Phi) is 3.59. The molecule has 0 aliphatic carbocycles. The van der Waals surface area contributed by atoms with Gasteiger partial charge >= 0.3 is 0 Å². The molecule has 0 fully saturated rings. The largest absolute Gasteiger partial charge is 0.497 e. The van der Waals surface area contributed by atoms with Crippen molar-refractivity contribution in [2.75, 3.05) is 7.11 Å². The Hall–Kier alpha value is -1.61. The van der Waals surface area contributed by atoms with Crippen LogP contribution in [0.1, 0.15) is 5.56 Å². The molecule has 2 aromatic carbocycles. The van der Waals surface area contributed by atoms with Gasteiger partial charge in [0.1, 0.15) is 5.75 Å². The SMILES string of the molecule is COc1ccc(S(=O)c2ccccc2)c(C)c1. The van der Waals surface area contributed by atoms with Gasteiger partial charge in [0, 0.05) is 9.79 Å². The lowest BCUT2D eigenvalue weighted by atomic mass is 10.2. The first-order valence-corrected chi connectivity index (χ1v) is 6.49. The van der Waals surface area contributed by atoms with Gasteiger partial charge in [0.05, 0.1) is 17.9 Å². The summed E-state index contributed by atoms with van der Waals surface area (Å²) in [6, 6.07) is 15.1. The molecule has 0 radical (unpaired) electrons. The fraction of sp³-hybridized carbons (Fsp3) is 0.143. The fourth-order valence-electron chi connectivity index (χ4n) is 1.63. The average molecular weight is 246 g/mol. The summed E-state index contributed by atoms with van der Waals surface area (Å²) < 4.78 is 17.5. The van der Waals surface area contributed by atoms with Crippen LogP contribution in [0.3, 0.4) is 0 Å². The third kappa shape index (κ3) is 2.56. The van der Waals surface area contributed by atoms with Gasteiger partial charge in [0.2, 0.25) is 0 Å². The zero-order chi connectivity index (χ0) is 12.3. The molecule has 0 aliphatic rings. The molecule has 0 saturated heterocycles. The first-order valence-electron chi connectivity index (χ1n) is 5.34. The van der Waals surface area contributed by atoms with Crippen molar-refractivity contribution in [1.29, 1.82) is 0 Å². The molecule has 88 valence electrons. The normalized spacial score (nSPS) is 12.1. The van der Waals surface area contributed by atoms with Gasteiger partial charge in [-0.25, -0.2) is 4.21 Å². The molecule has 0 aliphatic heterocycles. The van der Waals surface area contributed by atoms with E-state index in [9.17, 15) is 4.21 Å². The molecule has 0 amide bonds. The van der Waals surface area contributed by atoms with Crippen molar-refractivity contribution in [3.05, 3.63) is 54.1 Å². The van der Waals surface area contributed by atoms with Crippen LogP contribution in [0.25, 0.3) is 0 Å². The zero-order valence-corrected chi connectivity index (χ0v) is 10.7. The number of ether oxygens (including phenoxy) is 1. The van der Waals surface area contributed by atoms with Gasteiger partial charge in [0.25, 0.3) is 0 Å². The highest BCUT2D eigenvalue weighted by atomic mass is 32.2. The zero-order valence-electron chi connectivity index (χ0n) is 9.84. The third-order valence-electron chi connectivity index (χ3n) is 2.54. The monoisotopic (exact) mass is 246 g/mol. The van der Waals surface area contributed by atoms with Gasteiger partial charge in [-0.1, -0.05) is 18.2 Å². The number of hydrogen-bond acceptors (Lipinski definition) is 2. The van der Waals surface area contributed by atoms with Gasteiger partial charge in [-0.3, -0.25) is 0 Å². The van der Waals surface area contributed by atoms with Gasteiger partial charge in [-0.05, 0) is 42.8 Å². The summed E-state index contributed by atoms with van der Waals surface area (Å²) in [5, 5.41) is 0. The standard InChI is InChI=1S/C14H14O2S/c1-11-10-12(16-2)8-9-14(11)17(15)13-6-4-3-5-7-13/h3-10H,1-2H3. The molecule has 1 atom stereocenters. The van der Waals surface area contributed by atoms with Crippen LogP contribution in [0.2, 0.25) is 0 Å². The second-order valence-corrected chi connectivity index (χ2v) is 5.16. The minimum atomic E-state index is -1.12. The maximum atomic E-state index is 12.3. The molecule has 2 nitrogen and oxygen atoms in total. The molecule has 0 bridgehead atoms. The minimum absolute atomic E-state index is 0.788. The van der Waals surface area contributed by atoms with E-state index < -0.39 is 10.8 Å². The van der Waals surface area contributed by atoms with Crippen LogP contribution in [-0.2, 0) is 10.8 Å². The van der Waals surface area contributed by atoms with E-state index in [0.717, 1.165) is 21.1 Å². The second-order valence-electron chi connectivity index (χ2n) is 3.71. The fourth-order valence-corrected chi connectivity index (χ4v) is 2.83. The summed E-state index contributed by atoms with van der Waals surface area (Å²) in [5.41, 5.74) is 0.978. The first-order chi connectivity index (χ1) is 8.22. The molecule has 0 N–H and O–H groups in total. The van der Waals surface area contributed by atoms with Gasteiger partial charge in [0.15, 0.2) is 0 Å². The minimum Gasteiger partial charge on any atom is -0.497 e. The van der Waals surface area contributed by atoms with Crippen LogP contribution in [0, 0.1) is 6.92 Å². The first kappa shape index (κ1) is 11.9. The van der Waals surface area contributed by atoms with Crippen molar-refractivity contribution < 1.29 is 8.95 Å². The molecule has 17 heavy (non-hydrogen) atoms. The van der Waals surface area contributed by atoms with Crippen LogP contribution < -0.4 is 4.74 Å². The number of hydrogen-bond donors (Lipinski definition) is 0. The Morgan fingerprint density at radius 3 is 2.35 bits per heavy atom. The Morgan fingerprint density at radius 2 is 1.76 bits per heavy atom. The van der Waals surface area contributed by atoms with Gasteiger partial charge < -0.3 is 4.74 Å². The van der Waals surface area contributed by atoms with Gasteiger partial charge in [-0.2, -0.15) is 0 Å². The summed E-state index contributed by atoms with van der Waals surface area (Å²) in [6.07, 6.45) is 0. The predicted octanol–water partition coefficient (Wildman–Crippen LogP) is 3.17. The van der Waals surface area contributed by atoms with Crippen LogP contribution in [-0.4, -0.2) is 11.3 Å². The smallest absolute Gasteiger partial charge is 0.119 e. The average Bonchev–Trinajstić information content (AvgIpc) is 2.39. The number of aryl methyl sites for hydroxylation is 1. The highest BCUT2D eigenvalue weighted by Crippen LogP contribution is 2.23. The van der Waals surface area contributed by atoms with E-state index in [-0.39, 0.29) is 0 Å². The van der Waals surface area contributed by atoms with Crippen LogP contribution in [0.5, 0.6) is 5.75 Å². The lowest BCUT2D eigenvalue weighted by Crippen LogP contribution is -1.96. The van der Waals surface area contributed by atoms with E-state index in [1.807, 2.05) is 55.5 Å². The Morgan fingerprint density at radius 1 is 1.06 bits per heavy atom. The van der Waals surface area contributed by atoms with Crippen LogP contribution in [0.15, 0.2) is 58.3 Å². The van der Waals surface area contributed by atoms with E-state index in [1.54, 1.807) is 7.11 Å². The Bertz CT molecular complexity index is 535. The molecule has 0 aromatic heterocycles. The van der Waals surface area contributed by atoms with E-state index in [0.29, 0.717) is 0 Å². The second kappa shape index (κ2) is 5.15. The topological polar surface area (TPSA) is 26.3 Å². The lowest BCUT2D eigenvalue weighted by Gasteiger charge is -2.07. The third-order valence-corrected chi connectivity index (χ3v) is 4.10. The highest BCUT2D eigenvalue weighted by molar-refractivity contribution is 7.85. The number of methoxy groups -OCH3 is 1. The van der Waals surface area contributed by atoms with Crippen molar-refractivity contribution in [3.8, 4) is 5.75 Å². The predicted molar refractivity (Wildman–Crippen MR) is 68.8 cm³/mol. The van der Waals surface area contributed by atoms with Crippen molar-refractivity contribution in [1.82, 2.24) is 0 Å². The molecule has 0 saturated carbocycles. The van der Waals surface area contributed by atoms with Crippen LogP contribution in [0.4, 0.5) is 0 Å². The molecule has 1 unspecified atom stereocenters. The Labute approximate surface area is 104 Å². The van der Waals surface area contributed by atoms with Crippen molar-refractivity contribution >= 4 is 10.8 Å². The van der Waals surface area contributed by atoms with Crippen molar-refractivity contribution in [3.63, 3.8) is 0 Å². The lowest BCUT2D eigenvalue weighted by molar-refractivity contribution is 0.414. The molecule has 0 heterocycles. The van der Waals surface area contributed by atoms with E-state index in [2.05, 4.69) is 0 Å². The van der Waals surface area contributed by atoms with Crippen molar-refractivity contribution in [2.24, 2.45) is 0 Å². The summed E-state index contributed by atoms with van der Waals surface area (Å²) in [4.78, 5) is 1.65. The van der Waals surface area contributed by atoms with Gasteiger partial charge in [-0.15, -0.1) is 0 Å².